The molecule has 5 nitrogen and oxygen atoms in total. The quantitative estimate of drug-likeness (QED) is 0.600. The second kappa shape index (κ2) is 2.69. The summed E-state index contributed by atoms with van der Waals surface area (Å²) >= 11 is 0. The van der Waals surface area contributed by atoms with Crippen LogP contribution in [-0.4, -0.2) is 27.1 Å². The van der Waals surface area contributed by atoms with E-state index in [1.807, 2.05) is 0 Å². The number of nitrogens with one attached hydrogen (secondary N) is 1. The maximum absolute atomic E-state index is 10.4. The molecule has 0 aliphatic carbocycles. The molecule has 0 unspecified atom stereocenters. The van der Waals surface area contributed by atoms with Crippen LogP contribution in [0, 0.1) is 13.0 Å². The first kappa shape index (κ1) is 8.32. The van der Waals surface area contributed by atoms with E-state index in [0.29, 0.717) is 5.56 Å². The zero-order chi connectivity index (χ0) is 9.30. The number of aromatic carboxylic acids is 2. The number of aryl methyl sites for hydroxylation is 1. The third-order valence-corrected chi connectivity index (χ3v) is 1.37. The Kier molecular flexibility index (Phi) is 1.86. The van der Waals surface area contributed by atoms with Gasteiger partial charge >= 0.3 is 11.9 Å². The summed E-state index contributed by atoms with van der Waals surface area (Å²) < 4.78 is 0. The van der Waals surface area contributed by atoms with Crippen molar-refractivity contribution < 1.29 is 19.8 Å². The Morgan fingerprint density at radius 1 is 1.33 bits per heavy atom. The summed E-state index contributed by atoms with van der Waals surface area (Å²) in [5.74, 6) is -2.40. The molecule has 3 N–H and O–H groups in total. The van der Waals surface area contributed by atoms with Gasteiger partial charge in [-0.3, -0.25) is 0 Å². The van der Waals surface area contributed by atoms with Gasteiger partial charge < -0.3 is 15.2 Å². The number of aromatic nitrogens is 1. The van der Waals surface area contributed by atoms with Crippen LogP contribution in [0.1, 0.15) is 26.5 Å². The predicted octanol–water partition coefficient (Wildman–Crippen LogP) is 0.520. The molecule has 0 fully saturated rings. The van der Waals surface area contributed by atoms with E-state index in [9.17, 15) is 9.59 Å². The highest BCUT2D eigenvalue weighted by atomic mass is 16.4. The van der Waals surface area contributed by atoms with Crippen molar-refractivity contribution in [2.24, 2.45) is 0 Å². The molecule has 1 heterocycles. The molecule has 0 saturated carbocycles. The lowest BCUT2D eigenvalue weighted by Gasteiger charge is -1.88. The van der Waals surface area contributed by atoms with Crippen LogP contribution in [0.25, 0.3) is 0 Å². The molecule has 1 radical (unpaired) electrons. The number of carboxylic acids is 2. The highest BCUT2D eigenvalue weighted by Crippen LogP contribution is 2.08. The molecule has 0 bridgehead atoms. The molecular weight excluding hydrogens is 162 g/mol. The topological polar surface area (TPSA) is 90.4 Å². The second-order valence-corrected chi connectivity index (χ2v) is 2.24. The monoisotopic (exact) mass is 168 g/mol. The van der Waals surface area contributed by atoms with Gasteiger partial charge in [0.25, 0.3) is 0 Å². The number of rotatable bonds is 2. The number of H-pyrrole nitrogens is 1. The first-order valence-corrected chi connectivity index (χ1v) is 3.11. The fourth-order valence-electron chi connectivity index (χ4n) is 0.821. The standard InChI is InChI=1S/C7H6NO4/c1-3-2-4(6(9)10)8-5(3)7(11)12/h8H,1H3,(H,9,10)(H,11,12). The third-order valence-electron chi connectivity index (χ3n) is 1.37. The average molecular weight is 168 g/mol. The highest BCUT2D eigenvalue weighted by molar-refractivity contribution is 5.92. The fourth-order valence-corrected chi connectivity index (χ4v) is 0.821. The Morgan fingerprint density at radius 3 is 2.17 bits per heavy atom. The van der Waals surface area contributed by atoms with E-state index >= 15 is 0 Å². The normalized spacial score (nSPS) is 9.75. The average Bonchev–Trinajstić information content (AvgIpc) is 2.30. The number of carboxylic acid groups (broad SMARTS) is 2. The molecule has 12 heavy (non-hydrogen) atoms. The lowest BCUT2D eigenvalue weighted by Crippen LogP contribution is -2.01. The smallest absolute Gasteiger partial charge is 0.352 e. The Morgan fingerprint density at radius 2 is 1.92 bits per heavy atom. The first-order chi connectivity index (χ1) is 5.52. The minimum absolute atomic E-state index is 0.132. The van der Waals surface area contributed by atoms with Crippen molar-refractivity contribution in [2.45, 2.75) is 6.92 Å². The minimum atomic E-state index is -1.22. The fraction of sp³-hybridized carbons (Fsp3) is 0.143. The Bertz CT molecular complexity index is 339. The maximum Gasteiger partial charge on any atom is 0.352 e. The van der Waals surface area contributed by atoms with Crippen molar-refractivity contribution in [3.8, 4) is 0 Å². The van der Waals surface area contributed by atoms with Gasteiger partial charge in [-0.1, -0.05) is 0 Å². The second-order valence-electron chi connectivity index (χ2n) is 2.24. The van der Waals surface area contributed by atoms with Crippen molar-refractivity contribution >= 4 is 11.9 Å². The van der Waals surface area contributed by atoms with Gasteiger partial charge in [0.15, 0.2) is 0 Å². The van der Waals surface area contributed by atoms with Gasteiger partial charge in [0.1, 0.15) is 11.4 Å². The van der Waals surface area contributed by atoms with Gasteiger partial charge in [0.05, 0.1) is 0 Å². The molecule has 5 heteroatoms. The summed E-state index contributed by atoms with van der Waals surface area (Å²) in [5, 5.41) is 17.0. The molecule has 0 saturated heterocycles. The number of hydrogen-bond donors (Lipinski definition) is 3. The molecule has 1 aromatic rings. The van der Waals surface area contributed by atoms with Gasteiger partial charge in [-0.15, -0.1) is 0 Å². The third kappa shape index (κ3) is 1.29. The van der Waals surface area contributed by atoms with Gasteiger partial charge in [0.2, 0.25) is 0 Å². The van der Waals surface area contributed by atoms with Crippen molar-refractivity contribution in [1.29, 1.82) is 0 Å². The zero-order valence-electron chi connectivity index (χ0n) is 6.21. The molecule has 1 rings (SSSR count). The van der Waals surface area contributed by atoms with Crippen molar-refractivity contribution in [1.82, 2.24) is 4.98 Å². The van der Waals surface area contributed by atoms with Crippen LogP contribution in [0.3, 0.4) is 0 Å². The van der Waals surface area contributed by atoms with Crippen LogP contribution in [0.2, 0.25) is 0 Å². The first-order valence-electron chi connectivity index (χ1n) is 3.11. The summed E-state index contributed by atoms with van der Waals surface area (Å²) in [6.07, 6.45) is 0. The van der Waals surface area contributed by atoms with Crippen LogP contribution >= 0.6 is 0 Å². The molecule has 1 aromatic heterocycles. The van der Waals surface area contributed by atoms with E-state index in [-0.39, 0.29) is 11.4 Å². The van der Waals surface area contributed by atoms with E-state index in [4.69, 9.17) is 10.2 Å². The largest absolute Gasteiger partial charge is 0.477 e. The number of hydrogen-bond acceptors (Lipinski definition) is 2. The molecule has 0 spiro atoms. The molecule has 0 aromatic carbocycles. The highest BCUT2D eigenvalue weighted by Gasteiger charge is 2.14. The van der Waals surface area contributed by atoms with E-state index in [1.165, 1.54) is 6.92 Å². The summed E-state index contributed by atoms with van der Waals surface area (Å²) in [5.41, 5.74) is -0.0720. The van der Waals surface area contributed by atoms with Gasteiger partial charge in [-0.25, -0.2) is 9.59 Å². The van der Waals surface area contributed by atoms with Crippen LogP contribution in [0.15, 0.2) is 0 Å². The van der Waals surface area contributed by atoms with Crippen molar-refractivity contribution in [3.05, 3.63) is 23.0 Å². The molecule has 0 atom stereocenters. The molecular formula is C7H6NO4. The summed E-state index contributed by atoms with van der Waals surface area (Å²) in [4.78, 5) is 23.0. The lowest BCUT2D eigenvalue weighted by atomic mass is 10.2. The van der Waals surface area contributed by atoms with Gasteiger partial charge in [-0.2, -0.15) is 0 Å². The Balaban J connectivity index is 3.17. The Hall–Kier alpha value is -1.78. The molecule has 0 amide bonds. The van der Waals surface area contributed by atoms with Crippen LogP contribution in [0.4, 0.5) is 0 Å². The van der Waals surface area contributed by atoms with Crippen LogP contribution in [0.5, 0.6) is 0 Å². The maximum atomic E-state index is 10.4. The predicted molar refractivity (Wildman–Crippen MR) is 38.3 cm³/mol. The lowest BCUT2D eigenvalue weighted by molar-refractivity contribution is 0.0689. The molecule has 63 valence electrons. The van der Waals surface area contributed by atoms with E-state index in [0.717, 1.165) is 0 Å². The summed E-state index contributed by atoms with van der Waals surface area (Å²) in [7, 11) is 0. The van der Waals surface area contributed by atoms with E-state index < -0.39 is 11.9 Å². The van der Waals surface area contributed by atoms with Crippen molar-refractivity contribution in [3.63, 3.8) is 0 Å². The van der Waals surface area contributed by atoms with Gasteiger partial charge in [0, 0.05) is 6.07 Å². The molecule has 0 aliphatic heterocycles. The minimum Gasteiger partial charge on any atom is -0.477 e. The van der Waals surface area contributed by atoms with Crippen molar-refractivity contribution in [2.75, 3.05) is 0 Å². The van der Waals surface area contributed by atoms with Gasteiger partial charge in [-0.05, 0) is 12.5 Å². The number of carbonyl (C=O) groups is 2. The Labute approximate surface area is 67.6 Å². The van der Waals surface area contributed by atoms with Crippen LogP contribution < -0.4 is 0 Å². The SMILES string of the molecule is Cc1[c]c(C(=O)O)[nH]c1C(=O)O. The van der Waals surface area contributed by atoms with Crippen LogP contribution in [-0.2, 0) is 0 Å². The van der Waals surface area contributed by atoms with E-state index in [1.54, 1.807) is 0 Å². The van der Waals surface area contributed by atoms with E-state index in [2.05, 4.69) is 11.1 Å². The zero-order valence-corrected chi connectivity index (χ0v) is 6.21. The summed E-state index contributed by atoms with van der Waals surface area (Å²) in [6.45, 7) is 1.48. The summed E-state index contributed by atoms with van der Waals surface area (Å²) in [6, 6.07) is 2.39. The molecule has 0 aliphatic rings. The number of aromatic amines is 1.